The second-order valence-corrected chi connectivity index (χ2v) is 7.11. The Bertz CT molecular complexity index is 1010. The van der Waals surface area contributed by atoms with E-state index >= 15 is 0 Å². The van der Waals surface area contributed by atoms with E-state index in [9.17, 15) is 31.5 Å². The van der Waals surface area contributed by atoms with Gasteiger partial charge in [0.25, 0.3) is 0 Å². The molecule has 29 heavy (non-hydrogen) atoms. The van der Waals surface area contributed by atoms with Gasteiger partial charge in [0.15, 0.2) is 11.5 Å². The summed E-state index contributed by atoms with van der Waals surface area (Å²) in [5.74, 6) is -1.67. The Labute approximate surface area is 160 Å². The van der Waals surface area contributed by atoms with Gasteiger partial charge in [-0.2, -0.15) is 18.3 Å². The maximum atomic E-state index is 14.2. The molecule has 0 saturated carbocycles. The van der Waals surface area contributed by atoms with Crippen LogP contribution in [0.1, 0.15) is 36.0 Å². The summed E-state index contributed by atoms with van der Waals surface area (Å²) in [4.78, 5) is 29.7. The van der Waals surface area contributed by atoms with Gasteiger partial charge in [-0.1, -0.05) is 0 Å². The van der Waals surface area contributed by atoms with E-state index < -0.39 is 53.6 Å². The molecule has 0 spiro atoms. The van der Waals surface area contributed by atoms with Gasteiger partial charge >= 0.3 is 11.9 Å². The number of halogens is 5. The molecule has 4 rings (SSSR count). The van der Waals surface area contributed by atoms with Crippen LogP contribution in [0.15, 0.2) is 17.1 Å². The van der Waals surface area contributed by atoms with E-state index in [1.54, 1.807) is 0 Å². The second-order valence-electron chi connectivity index (χ2n) is 7.11. The van der Waals surface area contributed by atoms with Crippen molar-refractivity contribution in [2.24, 2.45) is 0 Å². The molecule has 1 atom stereocenters. The number of aryl methyl sites for hydroxylation is 1. The van der Waals surface area contributed by atoms with Gasteiger partial charge in [-0.3, -0.25) is 9.36 Å². The predicted octanol–water partition coefficient (Wildman–Crippen LogP) is 1.70. The van der Waals surface area contributed by atoms with Crippen LogP contribution in [0.3, 0.4) is 0 Å². The number of nitrogens with zero attached hydrogens (tertiary/aromatic N) is 5. The minimum atomic E-state index is -4.97. The lowest BCUT2D eigenvalue weighted by atomic mass is 10.0. The van der Waals surface area contributed by atoms with Gasteiger partial charge in [-0.05, 0) is 18.9 Å². The fourth-order valence-corrected chi connectivity index (χ4v) is 3.65. The molecule has 0 aliphatic carbocycles. The molecule has 4 heterocycles. The van der Waals surface area contributed by atoms with E-state index in [2.05, 4.69) is 10.1 Å². The molecule has 0 N–H and O–H groups in total. The molecule has 2 aliphatic heterocycles. The third-order valence-corrected chi connectivity index (χ3v) is 5.12. The molecule has 2 aliphatic rings. The fraction of sp³-hybridized carbons (Fsp3) is 0.529. The van der Waals surface area contributed by atoms with Crippen molar-refractivity contribution in [1.29, 1.82) is 0 Å². The maximum absolute atomic E-state index is 14.2. The van der Waals surface area contributed by atoms with E-state index in [1.807, 2.05) is 0 Å². The van der Waals surface area contributed by atoms with Crippen LogP contribution < -0.4 is 5.69 Å². The number of alkyl halides is 4. The van der Waals surface area contributed by atoms with E-state index in [4.69, 9.17) is 0 Å². The molecule has 1 fully saturated rings. The highest BCUT2D eigenvalue weighted by Crippen LogP contribution is 2.31. The zero-order valence-corrected chi connectivity index (χ0v) is 15.0. The first-order valence-corrected chi connectivity index (χ1v) is 8.98. The summed E-state index contributed by atoms with van der Waals surface area (Å²) in [6, 6.07) is 0.194. The molecule has 12 heteroatoms. The van der Waals surface area contributed by atoms with Crippen molar-refractivity contribution in [3.8, 4) is 0 Å². The van der Waals surface area contributed by atoms with Gasteiger partial charge in [0.1, 0.15) is 18.0 Å². The van der Waals surface area contributed by atoms with E-state index in [-0.39, 0.29) is 13.1 Å². The Morgan fingerprint density at radius 3 is 2.66 bits per heavy atom. The number of amides is 1. The Kier molecular flexibility index (Phi) is 4.66. The SMILES string of the molecule is O=C([C@@H]1CCCc2nn(Cc3ccnc(C(F)(F)F)c3F)c(=O)n21)N1CC(F)C1. The smallest absolute Gasteiger partial charge is 0.335 e. The number of hydrogen-bond donors (Lipinski definition) is 0. The first-order chi connectivity index (χ1) is 13.7. The Balaban J connectivity index is 1.65. The average molecular weight is 417 g/mol. The molecule has 0 aromatic carbocycles. The normalized spacial score (nSPS) is 19.8. The van der Waals surface area contributed by atoms with E-state index in [0.29, 0.717) is 25.1 Å². The standard InChI is InChI=1S/C17H16F5N5O2/c18-10-7-25(8-10)15(28)11-2-1-3-12-24-26(16(29)27(11)12)6-9-4-5-23-14(13(9)19)17(20,21)22/h4-5,10-11H,1-3,6-8H2/t11-/m0/s1. The maximum Gasteiger partial charge on any atom is 0.436 e. The van der Waals surface area contributed by atoms with Crippen molar-refractivity contribution in [3.05, 3.63) is 45.6 Å². The first-order valence-electron chi connectivity index (χ1n) is 8.98. The summed E-state index contributed by atoms with van der Waals surface area (Å²) >= 11 is 0. The van der Waals surface area contributed by atoms with Crippen molar-refractivity contribution in [2.45, 2.75) is 44.2 Å². The number of likely N-dealkylation sites (tertiary alicyclic amines) is 1. The molecule has 7 nitrogen and oxygen atoms in total. The highest BCUT2D eigenvalue weighted by molar-refractivity contribution is 5.81. The summed E-state index contributed by atoms with van der Waals surface area (Å²) in [6.45, 7) is -0.598. The van der Waals surface area contributed by atoms with E-state index in [1.165, 1.54) is 9.47 Å². The van der Waals surface area contributed by atoms with Crippen LogP contribution >= 0.6 is 0 Å². The summed E-state index contributed by atoms with van der Waals surface area (Å²) in [5, 5.41) is 4.08. The van der Waals surface area contributed by atoms with Crippen molar-refractivity contribution >= 4 is 5.91 Å². The highest BCUT2D eigenvalue weighted by atomic mass is 19.4. The van der Waals surface area contributed by atoms with Crippen LogP contribution in [-0.2, 0) is 23.9 Å². The summed E-state index contributed by atoms with van der Waals surface area (Å²) < 4.78 is 67.9. The van der Waals surface area contributed by atoms with Crippen molar-refractivity contribution in [3.63, 3.8) is 0 Å². The third-order valence-electron chi connectivity index (χ3n) is 5.12. The Morgan fingerprint density at radius 1 is 1.28 bits per heavy atom. The fourth-order valence-electron chi connectivity index (χ4n) is 3.65. The van der Waals surface area contributed by atoms with Crippen molar-refractivity contribution in [1.82, 2.24) is 24.2 Å². The van der Waals surface area contributed by atoms with Crippen LogP contribution in [0, 0.1) is 5.82 Å². The largest absolute Gasteiger partial charge is 0.436 e. The van der Waals surface area contributed by atoms with E-state index in [0.717, 1.165) is 16.9 Å². The van der Waals surface area contributed by atoms with Crippen LogP contribution in [0.2, 0.25) is 0 Å². The minimum absolute atomic E-state index is 0.0317. The lowest BCUT2D eigenvalue weighted by Crippen LogP contribution is -2.54. The second kappa shape index (κ2) is 6.92. The Hall–Kier alpha value is -2.79. The van der Waals surface area contributed by atoms with Crippen LogP contribution in [0.5, 0.6) is 0 Å². The third kappa shape index (κ3) is 3.40. The number of hydrogen-bond acceptors (Lipinski definition) is 4. The van der Waals surface area contributed by atoms with Gasteiger partial charge in [0.2, 0.25) is 5.91 Å². The molecule has 1 saturated heterocycles. The number of fused-ring (bicyclic) bond motifs is 1. The zero-order valence-electron chi connectivity index (χ0n) is 15.0. The van der Waals surface area contributed by atoms with Gasteiger partial charge in [-0.15, -0.1) is 0 Å². The van der Waals surface area contributed by atoms with Gasteiger partial charge in [0.05, 0.1) is 19.6 Å². The quantitative estimate of drug-likeness (QED) is 0.713. The topological polar surface area (TPSA) is 73.0 Å². The number of rotatable bonds is 3. The van der Waals surface area contributed by atoms with Crippen molar-refractivity contribution in [2.75, 3.05) is 13.1 Å². The van der Waals surface area contributed by atoms with Crippen LogP contribution in [-0.4, -0.2) is 49.4 Å². The molecule has 0 radical (unpaired) electrons. The van der Waals surface area contributed by atoms with Gasteiger partial charge in [-0.25, -0.2) is 23.2 Å². The Morgan fingerprint density at radius 2 is 2.00 bits per heavy atom. The lowest BCUT2D eigenvalue weighted by Gasteiger charge is -2.37. The molecular formula is C17H16F5N5O2. The first kappa shape index (κ1) is 19.5. The molecule has 0 bridgehead atoms. The highest BCUT2D eigenvalue weighted by Gasteiger charge is 2.39. The van der Waals surface area contributed by atoms with Crippen LogP contribution in [0.4, 0.5) is 22.0 Å². The number of aromatic nitrogens is 4. The molecule has 2 aromatic rings. The number of carbonyl (C=O) groups is 1. The van der Waals surface area contributed by atoms with Gasteiger partial charge < -0.3 is 4.90 Å². The van der Waals surface area contributed by atoms with Gasteiger partial charge in [0, 0.05) is 18.2 Å². The summed E-state index contributed by atoms with van der Waals surface area (Å²) in [6.07, 6.45) is -3.91. The number of carbonyl (C=O) groups excluding carboxylic acids is 1. The molecule has 1 amide bonds. The summed E-state index contributed by atoms with van der Waals surface area (Å²) in [7, 11) is 0. The molecular weight excluding hydrogens is 401 g/mol. The minimum Gasteiger partial charge on any atom is -0.335 e. The number of pyridine rings is 1. The molecule has 2 aromatic heterocycles. The van der Waals surface area contributed by atoms with Crippen molar-refractivity contribution < 1.29 is 26.7 Å². The molecule has 156 valence electrons. The van der Waals surface area contributed by atoms with Crippen LogP contribution in [0.25, 0.3) is 0 Å². The monoisotopic (exact) mass is 417 g/mol. The zero-order chi connectivity index (χ0) is 20.9. The predicted molar refractivity (Wildman–Crippen MR) is 88.2 cm³/mol. The summed E-state index contributed by atoms with van der Waals surface area (Å²) in [5.41, 5.74) is -2.78. The lowest BCUT2D eigenvalue weighted by molar-refractivity contribution is -0.144. The average Bonchev–Trinajstić information content (AvgIpc) is 2.95. The molecule has 0 unspecified atom stereocenters.